The lowest BCUT2D eigenvalue weighted by Crippen LogP contribution is -2.52. The van der Waals surface area contributed by atoms with Crippen LogP contribution in [0.1, 0.15) is 26.7 Å². The van der Waals surface area contributed by atoms with E-state index in [1.807, 2.05) is 6.92 Å². The van der Waals surface area contributed by atoms with E-state index in [1.165, 1.54) is 0 Å². The summed E-state index contributed by atoms with van der Waals surface area (Å²) in [5.74, 6) is -0.289. The SMILES string of the molecule is CCCC(C(=O)N1CCN(C(C)=O)CC1)C(N)=S. The highest BCUT2D eigenvalue weighted by atomic mass is 32.1. The first-order valence-corrected chi connectivity index (χ1v) is 6.71. The van der Waals surface area contributed by atoms with Crippen molar-refractivity contribution in [3.8, 4) is 0 Å². The molecule has 0 aromatic heterocycles. The first kappa shape index (κ1) is 14.9. The highest BCUT2D eigenvalue weighted by Crippen LogP contribution is 2.13. The van der Waals surface area contributed by atoms with Crippen LogP contribution in [0.2, 0.25) is 0 Å². The second-order valence-electron chi connectivity index (χ2n) is 4.57. The predicted octanol–water partition coefficient (Wildman–Crippen LogP) is 0.380. The first-order chi connectivity index (χ1) is 8.47. The number of rotatable bonds is 4. The van der Waals surface area contributed by atoms with E-state index in [0.717, 1.165) is 6.42 Å². The predicted molar refractivity (Wildman–Crippen MR) is 74.0 cm³/mol. The van der Waals surface area contributed by atoms with Crippen LogP contribution in [-0.2, 0) is 9.59 Å². The van der Waals surface area contributed by atoms with E-state index in [9.17, 15) is 9.59 Å². The second kappa shape index (κ2) is 6.68. The van der Waals surface area contributed by atoms with Crippen LogP contribution in [0.5, 0.6) is 0 Å². The lowest BCUT2D eigenvalue weighted by atomic mass is 10.0. The molecule has 0 saturated carbocycles. The van der Waals surface area contributed by atoms with Gasteiger partial charge in [0, 0.05) is 33.1 Å². The molecular formula is C12H21N3O2S. The molecule has 2 amide bonds. The van der Waals surface area contributed by atoms with Crippen molar-refractivity contribution in [1.29, 1.82) is 0 Å². The Morgan fingerprint density at radius 2 is 1.72 bits per heavy atom. The van der Waals surface area contributed by atoms with E-state index in [-0.39, 0.29) is 22.7 Å². The molecule has 0 aliphatic carbocycles. The first-order valence-electron chi connectivity index (χ1n) is 6.31. The number of hydrogen-bond donors (Lipinski definition) is 1. The summed E-state index contributed by atoms with van der Waals surface area (Å²) in [6.07, 6.45) is 1.57. The van der Waals surface area contributed by atoms with Crippen molar-refractivity contribution >= 4 is 29.0 Å². The van der Waals surface area contributed by atoms with E-state index < -0.39 is 0 Å². The van der Waals surface area contributed by atoms with Gasteiger partial charge in [0.25, 0.3) is 0 Å². The molecular weight excluding hydrogens is 250 g/mol. The van der Waals surface area contributed by atoms with Gasteiger partial charge in [0.1, 0.15) is 0 Å². The molecule has 0 aromatic carbocycles. The van der Waals surface area contributed by atoms with Gasteiger partial charge in [-0.05, 0) is 6.42 Å². The van der Waals surface area contributed by atoms with Crippen molar-refractivity contribution in [2.45, 2.75) is 26.7 Å². The molecule has 0 spiro atoms. The Morgan fingerprint density at radius 3 is 2.11 bits per heavy atom. The van der Waals surface area contributed by atoms with E-state index in [1.54, 1.807) is 16.7 Å². The van der Waals surface area contributed by atoms with E-state index in [0.29, 0.717) is 32.6 Å². The van der Waals surface area contributed by atoms with Gasteiger partial charge in [-0.15, -0.1) is 0 Å². The molecule has 1 fully saturated rings. The number of carbonyl (C=O) groups is 2. The summed E-state index contributed by atoms with van der Waals surface area (Å²) in [5.41, 5.74) is 5.63. The van der Waals surface area contributed by atoms with Gasteiger partial charge in [-0.3, -0.25) is 9.59 Å². The molecule has 0 radical (unpaired) electrons. The zero-order valence-corrected chi connectivity index (χ0v) is 11.8. The molecule has 1 unspecified atom stereocenters. The smallest absolute Gasteiger partial charge is 0.232 e. The van der Waals surface area contributed by atoms with Gasteiger partial charge < -0.3 is 15.5 Å². The number of piperazine rings is 1. The molecule has 18 heavy (non-hydrogen) atoms. The number of carbonyl (C=O) groups excluding carboxylic acids is 2. The third kappa shape index (κ3) is 3.66. The van der Waals surface area contributed by atoms with Crippen molar-refractivity contribution in [3.63, 3.8) is 0 Å². The summed E-state index contributed by atoms with van der Waals surface area (Å²) < 4.78 is 0. The van der Waals surface area contributed by atoms with Gasteiger partial charge in [-0.2, -0.15) is 0 Å². The lowest BCUT2D eigenvalue weighted by molar-refractivity contribution is -0.139. The van der Waals surface area contributed by atoms with Crippen molar-refractivity contribution in [3.05, 3.63) is 0 Å². The molecule has 1 saturated heterocycles. The van der Waals surface area contributed by atoms with Crippen LogP contribution in [0.15, 0.2) is 0 Å². The maximum absolute atomic E-state index is 12.3. The molecule has 1 aliphatic heterocycles. The van der Waals surface area contributed by atoms with Crippen molar-refractivity contribution < 1.29 is 9.59 Å². The molecule has 2 N–H and O–H groups in total. The highest BCUT2D eigenvalue weighted by molar-refractivity contribution is 7.80. The topological polar surface area (TPSA) is 66.6 Å². The third-order valence-corrected chi connectivity index (χ3v) is 3.54. The van der Waals surface area contributed by atoms with Crippen LogP contribution in [-0.4, -0.2) is 52.8 Å². The third-order valence-electron chi connectivity index (χ3n) is 3.26. The lowest BCUT2D eigenvalue weighted by Gasteiger charge is -2.35. The fourth-order valence-corrected chi connectivity index (χ4v) is 2.36. The fraction of sp³-hybridized carbons (Fsp3) is 0.750. The molecule has 1 heterocycles. The Hall–Kier alpha value is -1.17. The Morgan fingerprint density at radius 1 is 1.22 bits per heavy atom. The number of thiocarbonyl (C=S) groups is 1. The van der Waals surface area contributed by atoms with Gasteiger partial charge >= 0.3 is 0 Å². The molecule has 1 atom stereocenters. The largest absolute Gasteiger partial charge is 0.393 e. The Labute approximate surface area is 113 Å². The van der Waals surface area contributed by atoms with Crippen molar-refractivity contribution in [2.24, 2.45) is 11.7 Å². The minimum Gasteiger partial charge on any atom is -0.393 e. The van der Waals surface area contributed by atoms with E-state index >= 15 is 0 Å². The maximum Gasteiger partial charge on any atom is 0.232 e. The molecule has 102 valence electrons. The summed E-state index contributed by atoms with van der Waals surface area (Å²) in [4.78, 5) is 27.2. The summed E-state index contributed by atoms with van der Waals surface area (Å²) >= 11 is 4.96. The van der Waals surface area contributed by atoms with Gasteiger partial charge in [0.15, 0.2) is 0 Å². The summed E-state index contributed by atoms with van der Waals surface area (Å²) in [7, 11) is 0. The van der Waals surface area contributed by atoms with Crippen LogP contribution in [0, 0.1) is 5.92 Å². The molecule has 1 aliphatic rings. The Bertz CT molecular complexity index is 338. The number of amides is 2. The van der Waals surface area contributed by atoms with Gasteiger partial charge in [0.05, 0.1) is 10.9 Å². The average molecular weight is 271 g/mol. The summed E-state index contributed by atoms with van der Waals surface area (Å²) in [6, 6.07) is 0. The minimum absolute atomic E-state index is 0.00699. The van der Waals surface area contributed by atoms with E-state index in [4.69, 9.17) is 18.0 Å². The van der Waals surface area contributed by atoms with Crippen LogP contribution >= 0.6 is 12.2 Å². The van der Waals surface area contributed by atoms with Gasteiger partial charge in [-0.25, -0.2) is 0 Å². The number of nitrogens with two attached hydrogens (primary N) is 1. The van der Waals surface area contributed by atoms with Crippen molar-refractivity contribution in [2.75, 3.05) is 26.2 Å². The standard InChI is InChI=1S/C12H21N3O2S/c1-3-4-10(11(13)18)12(17)15-7-5-14(6-8-15)9(2)16/h10H,3-8H2,1-2H3,(H2,13,18). The second-order valence-corrected chi connectivity index (χ2v) is 5.05. The van der Waals surface area contributed by atoms with Crippen molar-refractivity contribution in [1.82, 2.24) is 9.80 Å². The van der Waals surface area contributed by atoms with Crippen LogP contribution < -0.4 is 5.73 Å². The van der Waals surface area contributed by atoms with Crippen LogP contribution in [0.4, 0.5) is 0 Å². The highest BCUT2D eigenvalue weighted by Gasteiger charge is 2.28. The van der Waals surface area contributed by atoms with Crippen LogP contribution in [0.25, 0.3) is 0 Å². The maximum atomic E-state index is 12.3. The molecule has 1 rings (SSSR count). The summed E-state index contributed by atoms with van der Waals surface area (Å²) in [5, 5.41) is 0. The summed E-state index contributed by atoms with van der Waals surface area (Å²) in [6.45, 7) is 5.88. The normalized spacial score (nSPS) is 17.4. The minimum atomic E-state index is -0.353. The number of hydrogen-bond acceptors (Lipinski definition) is 3. The zero-order valence-electron chi connectivity index (χ0n) is 11.0. The Kier molecular flexibility index (Phi) is 5.53. The quantitative estimate of drug-likeness (QED) is 0.751. The van der Waals surface area contributed by atoms with Gasteiger partial charge in [0.2, 0.25) is 11.8 Å². The average Bonchev–Trinajstić information content (AvgIpc) is 2.35. The molecule has 6 heteroatoms. The number of nitrogens with zero attached hydrogens (tertiary/aromatic N) is 2. The molecule has 5 nitrogen and oxygen atoms in total. The van der Waals surface area contributed by atoms with Gasteiger partial charge in [-0.1, -0.05) is 25.6 Å². The Balaban J connectivity index is 2.58. The molecule has 0 bridgehead atoms. The van der Waals surface area contributed by atoms with E-state index in [2.05, 4.69) is 0 Å². The van der Waals surface area contributed by atoms with Crippen LogP contribution in [0.3, 0.4) is 0 Å². The zero-order chi connectivity index (χ0) is 13.7. The molecule has 0 aromatic rings. The monoisotopic (exact) mass is 271 g/mol. The fourth-order valence-electron chi connectivity index (χ4n) is 2.14.